The first-order chi connectivity index (χ1) is 16.7. The van der Waals surface area contributed by atoms with E-state index in [0.29, 0.717) is 17.9 Å². The standard InChI is InChI=1S/C10H14N2O.C9H11NO2.C8H12N2/c11-9-1-3-10(4-2-9)12-5-7-13-8-6-12;1-2-12-9(11)7-3-5-8(10)6-4-7;1-5-3-8(10)6(2)4-7(5)9/h1-4H,5-8,11H2;3-6H,2,10H2,1H3;3-4H,9-10H2,1-2H3. The maximum absolute atomic E-state index is 11.1. The second-order valence-corrected chi connectivity index (χ2v) is 8.10. The van der Waals surface area contributed by atoms with Crippen LogP contribution in [0, 0.1) is 13.8 Å². The van der Waals surface area contributed by atoms with E-state index in [1.54, 1.807) is 31.2 Å². The number of nitrogens with zero attached hydrogens (tertiary/aromatic N) is 1. The molecule has 35 heavy (non-hydrogen) atoms. The molecule has 4 rings (SSSR count). The van der Waals surface area contributed by atoms with Gasteiger partial charge in [-0.15, -0.1) is 0 Å². The van der Waals surface area contributed by atoms with Gasteiger partial charge in [-0.3, -0.25) is 0 Å². The van der Waals surface area contributed by atoms with E-state index >= 15 is 0 Å². The Balaban J connectivity index is 0.000000187. The third-order valence-corrected chi connectivity index (χ3v) is 5.35. The van der Waals surface area contributed by atoms with Crippen molar-refractivity contribution in [2.24, 2.45) is 0 Å². The lowest BCUT2D eigenvalue weighted by Crippen LogP contribution is -2.36. The maximum atomic E-state index is 11.1. The molecule has 0 saturated carbocycles. The van der Waals surface area contributed by atoms with Crippen molar-refractivity contribution in [3.63, 3.8) is 0 Å². The van der Waals surface area contributed by atoms with Gasteiger partial charge in [-0.1, -0.05) is 0 Å². The molecule has 8 heteroatoms. The van der Waals surface area contributed by atoms with Crippen LogP contribution < -0.4 is 27.8 Å². The topological polar surface area (TPSA) is 143 Å². The van der Waals surface area contributed by atoms with Crippen molar-refractivity contribution in [1.82, 2.24) is 0 Å². The minimum Gasteiger partial charge on any atom is -0.462 e. The molecule has 0 aliphatic carbocycles. The van der Waals surface area contributed by atoms with Gasteiger partial charge in [0.25, 0.3) is 0 Å². The Morgan fingerprint density at radius 3 is 1.74 bits per heavy atom. The van der Waals surface area contributed by atoms with E-state index in [1.807, 2.05) is 38.1 Å². The smallest absolute Gasteiger partial charge is 0.338 e. The minimum absolute atomic E-state index is 0.308. The van der Waals surface area contributed by atoms with Crippen molar-refractivity contribution >= 4 is 34.4 Å². The highest BCUT2D eigenvalue weighted by Crippen LogP contribution is 2.19. The number of hydrogen-bond acceptors (Lipinski definition) is 8. The molecule has 1 saturated heterocycles. The summed E-state index contributed by atoms with van der Waals surface area (Å²) in [7, 11) is 0. The molecule has 0 spiro atoms. The Labute approximate surface area is 207 Å². The highest BCUT2D eigenvalue weighted by molar-refractivity contribution is 5.89. The summed E-state index contributed by atoms with van der Waals surface area (Å²) < 4.78 is 10.1. The van der Waals surface area contributed by atoms with Crippen LogP contribution in [0.15, 0.2) is 60.7 Å². The fourth-order valence-corrected chi connectivity index (χ4v) is 3.20. The predicted octanol–water partition coefficient (Wildman–Crippen LogP) is 4.02. The molecule has 8 nitrogen and oxygen atoms in total. The van der Waals surface area contributed by atoms with E-state index in [9.17, 15) is 4.79 Å². The number of aryl methyl sites for hydroxylation is 2. The number of benzene rings is 3. The predicted molar refractivity (Wildman–Crippen MR) is 145 cm³/mol. The first-order valence-electron chi connectivity index (χ1n) is 11.5. The quantitative estimate of drug-likeness (QED) is 0.326. The second-order valence-electron chi connectivity index (χ2n) is 8.10. The van der Waals surface area contributed by atoms with E-state index in [1.165, 1.54) is 5.69 Å². The molecule has 0 amide bonds. The Hall–Kier alpha value is -3.91. The SMILES string of the molecule is CCOC(=O)c1ccc(N)cc1.Cc1cc(N)c(C)cc1N.Nc1ccc(N2CCOCC2)cc1. The van der Waals surface area contributed by atoms with Crippen LogP contribution >= 0.6 is 0 Å². The number of rotatable bonds is 3. The fourth-order valence-electron chi connectivity index (χ4n) is 3.20. The van der Waals surface area contributed by atoms with Crippen LogP contribution in [-0.4, -0.2) is 38.9 Å². The van der Waals surface area contributed by atoms with Crippen molar-refractivity contribution in [2.45, 2.75) is 20.8 Å². The Bertz CT molecular complexity index is 1010. The van der Waals surface area contributed by atoms with Gasteiger partial charge in [0.05, 0.1) is 25.4 Å². The summed E-state index contributed by atoms with van der Waals surface area (Å²) in [5.41, 5.74) is 29.3. The summed E-state index contributed by atoms with van der Waals surface area (Å²) in [6.45, 7) is 9.66. The largest absolute Gasteiger partial charge is 0.462 e. The van der Waals surface area contributed by atoms with Crippen molar-refractivity contribution in [2.75, 3.05) is 60.7 Å². The van der Waals surface area contributed by atoms with Crippen LogP contribution in [0.1, 0.15) is 28.4 Å². The van der Waals surface area contributed by atoms with Crippen LogP contribution in [0.25, 0.3) is 0 Å². The molecule has 3 aromatic rings. The monoisotopic (exact) mass is 479 g/mol. The number of anilines is 5. The maximum Gasteiger partial charge on any atom is 0.338 e. The average molecular weight is 480 g/mol. The molecule has 0 atom stereocenters. The number of hydrogen-bond donors (Lipinski definition) is 4. The molecule has 1 fully saturated rings. The molecule has 1 aliphatic rings. The molecule has 0 aromatic heterocycles. The molecule has 1 heterocycles. The highest BCUT2D eigenvalue weighted by Gasteiger charge is 2.10. The normalized spacial score (nSPS) is 12.5. The first-order valence-corrected chi connectivity index (χ1v) is 11.5. The van der Waals surface area contributed by atoms with Gasteiger partial charge in [0.15, 0.2) is 0 Å². The van der Waals surface area contributed by atoms with Gasteiger partial charge < -0.3 is 37.3 Å². The third kappa shape index (κ3) is 9.10. The number of esters is 1. The van der Waals surface area contributed by atoms with Gasteiger partial charge in [0.1, 0.15) is 0 Å². The van der Waals surface area contributed by atoms with Crippen LogP contribution in [-0.2, 0) is 9.47 Å². The van der Waals surface area contributed by atoms with Crippen molar-refractivity contribution in [1.29, 1.82) is 0 Å². The van der Waals surface area contributed by atoms with E-state index in [-0.39, 0.29) is 5.97 Å². The molecule has 0 unspecified atom stereocenters. The van der Waals surface area contributed by atoms with Gasteiger partial charge in [0.2, 0.25) is 0 Å². The van der Waals surface area contributed by atoms with E-state index in [2.05, 4.69) is 17.0 Å². The highest BCUT2D eigenvalue weighted by atomic mass is 16.5. The molecule has 1 aliphatic heterocycles. The number of carbonyl (C=O) groups excluding carboxylic acids is 1. The van der Waals surface area contributed by atoms with Gasteiger partial charge >= 0.3 is 5.97 Å². The van der Waals surface area contributed by atoms with Crippen molar-refractivity contribution in [3.05, 3.63) is 77.4 Å². The van der Waals surface area contributed by atoms with Crippen LogP contribution in [0.2, 0.25) is 0 Å². The van der Waals surface area contributed by atoms with E-state index < -0.39 is 0 Å². The summed E-state index contributed by atoms with van der Waals surface area (Å²) >= 11 is 0. The third-order valence-electron chi connectivity index (χ3n) is 5.35. The zero-order chi connectivity index (χ0) is 25.8. The molecule has 0 bridgehead atoms. The molecule has 8 N–H and O–H groups in total. The van der Waals surface area contributed by atoms with Gasteiger partial charge in [-0.2, -0.15) is 0 Å². The Kier molecular flexibility index (Phi) is 10.7. The first kappa shape index (κ1) is 27.3. The number of nitrogens with two attached hydrogens (primary N) is 4. The summed E-state index contributed by atoms with van der Waals surface area (Å²) in [5.74, 6) is -0.308. The number of nitrogen functional groups attached to an aromatic ring is 4. The minimum atomic E-state index is -0.308. The van der Waals surface area contributed by atoms with Crippen LogP contribution in [0.3, 0.4) is 0 Å². The lowest BCUT2D eigenvalue weighted by atomic mass is 10.1. The molecular weight excluding hydrogens is 442 g/mol. The summed E-state index contributed by atoms with van der Waals surface area (Å²) in [5, 5.41) is 0. The van der Waals surface area contributed by atoms with Crippen LogP contribution in [0.5, 0.6) is 0 Å². The Morgan fingerprint density at radius 1 is 0.829 bits per heavy atom. The molecule has 0 radical (unpaired) electrons. The molecule has 3 aromatic carbocycles. The molecule has 188 valence electrons. The Morgan fingerprint density at radius 2 is 1.29 bits per heavy atom. The molecular formula is C27H37N5O3. The van der Waals surface area contributed by atoms with E-state index in [4.69, 9.17) is 32.4 Å². The van der Waals surface area contributed by atoms with Gasteiger partial charge in [-0.05, 0) is 92.6 Å². The summed E-state index contributed by atoms with van der Waals surface area (Å²) in [4.78, 5) is 13.4. The summed E-state index contributed by atoms with van der Waals surface area (Å²) in [6.07, 6.45) is 0. The second kappa shape index (κ2) is 13.7. The van der Waals surface area contributed by atoms with Gasteiger partial charge in [-0.25, -0.2) is 4.79 Å². The lowest BCUT2D eigenvalue weighted by Gasteiger charge is -2.28. The summed E-state index contributed by atoms with van der Waals surface area (Å²) in [6, 6.07) is 18.4. The fraction of sp³-hybridized carbons (Fsp3) is 0.296. The van der Waals surface area contributed by atoms with Crippen molar-refractivity contribution < 1.29 is 14.3 Å². The van der Waals surface area contributed by atoms with Gasteiger partial charge in [0, 0.05) is 41.5 Å². The average Bonchev–Trinajstić information content (AvgIpc) is 2.85. The number of morpholine rings is 1. The number of ether oxygens (including phenoxy) is 2. The lowest BCUT2D eigenvalue weighted by molar-refractivity contribution is 0.0526. The van der Waals surface area contributed by atoms with Crippen molar-refractivity contribution in [3.8, 4) is 0 Å². The zero-order valence-corrected chi connectivity index (χ0v) is 20.8. The van der Waals surface area contributed by atoms with Crippen LogP contribution in [0.4, 0.5) is 28.4 Å². The zero-order valence-electron chi connectivity index (χ0n) is 20.8. The van der Waals surface area contributed by atoms with E-state index in [0.717, 1.165) is 54.5 Å². The number of carbonyl (C=O) groups is 1.